The summed E-state index contributed by atoms with van der Waals surface area (Å²) >= 11 is 3.34. The molecule has 2 rings (SSSR count). The fraction of sp³-hybridized carbons (Fsp3) is 0.211. The minimum absolute atomic E-state index is 0.171. The van der Waals surface area contributed by atoms with E-state index in [1.54, 1.807) is 25.5 Å². The molecule has 136 valence electrons. The van der Waals surface area contributed by atoms with Gasteiger partial charge in [-0.25, -0.2) is 5.43 Å². The standard InChI is InChI=1S/C19H20BrN3O3/c1-26-15-10-8-14(9-11-15)13-22-23-18(24)7-4-12-21-19(25)16-5-2-3-6-17(16)20/h2-3,5-6,8-11,13H,4,7,12H2,1H3,(H,21,25)(H,23,24)/b22-13+. The Labute approximate surface area is 160 Å². The molecule has 2 N–H and O–H groups in total. The molecular weight excluding hydrogens is 398 g/mol. The zero-order valence-electron chi connectivity index (χ0n) is 14.4. The van der Waals surface area contributed by atoms with Crippen molar-refractivity contribution < 1.29 is 14.3 Å². The Hall–Kier alpha value is -2.67. The fourth-order valence-electron chi connectivity index (χ4n) is 2.12. The molecule has 0 radical (unpaired) electrons. The van der Waals surface area contributed by atoms with E-state index in [1.807, 2.05) is 36.4 Å². The molecule has 0 aliphatic heterocycles. The molecule has 2 amide bonds. The van der Waals surface area contributed by atoms with E-state index in [4.69, 9.17) is 4.74 Å². The Balaban J connectivity index is 1.66. The summed E-state index contributed by atoms with van der Waals surface area (Å²) < 4.78 is 5.81. The fourth-order valence-corrected chi connectivity index (χ4v) is 2.58. The Kier molecular flexibility index (Phi) is 7.82. The van der Waals surface area contributed by atoms with E-state index < -0.39 is 0 Å². The predicted molar refractivity (Wildman–Crippen MR) is 104 cm³/mol. The number of hydrogen-bond donors (Lipinski definition) is 2. The first kappa shape index (κ1) is 19.7. The van der Waals surface area contributed by atoms with Gasteiger partial charge in [-0.1, -0.05) is 12.1 Å². The number of benzene rings is 2. The van der Waals surface area contributed by atoms with Crippen molar-refractivity contribution in [3.05, 3.63) is 64.1 Å². The molecule has 0 bridgehead atoms. The molecule has 0 saturated heterocycles. The van der Waals surface area contributed by atoms with Crippen LogP contribution in [0.2, 0.25) is 0 Å². The molecule has 26 heavy (non-hydrogen) atoms. The van der Waals surface area contributed by atoms with Crippen LogP contribution in [-0.2, 0) is 4.79 Å². The molecule has 0 heterocycles. The average Bonchev–Trinajstić information content (AvgIpc) is 2.66. The summed E-state index contributed by atoms with van der Waals surface area (Å²) in [5, 5.41) is 6.70. The number of carbonyl (C=O) groups is 2. The molecule has 0 saturated carbocycles. The van der Waals surface area contributed by atoms with E-state index >= 15 is 0 Å². The highest BCUT2D eigenvalue weighted by atomic mass is 79.9. The summed E-state index contributed by atoms with van der Waals surface area (Å²) in [7, 11) is 1.60. The van der Waals surface area contributed by atoms with Crippen molar-refractivity contribution in [1.29, 1.82) is 0 Å². The molecule has 2 aromatic carbocycles. The summed E-state index contributed by atoms with van der Waals surface area (Å²) in [6, 6.07) is 14.5. The molecule has 0 atom stereocenters. The first-order valence-corrected chi connectivity index (χ1v) is 8.88. The molecular formula is C19H20BrN3O3. The van der Waals surface area contributed by atoms with Crippen molar-refractivity contribution in [2.75, 3.05) is 13.7 Å². The van der Waals surface area contributed by atoms with Gasteiger partial charge in [0.05, 0.1) is 18.9 Å². The van der Waals surface area contributed by atoms with Crippen molar-refractivity contribution in [3.63, 3.8) is 0 Å². The minimum atomic E-state index is -0.204. The van der Waals surface area contributed by atoms with Gasteiger partial charge < -0.3 is 10.1 Å². The maximum absolute atomic E-state index is 12.0. The van der Waals surface area contributed by atoms with Gasteiger partial charge in [-0.15, -0.1) is 0 Å². The second-order valence-corrected chi connectivity index (χ2v) is 6.26. The average molecular weight is 418 g/mol. The quantitative estimate of drug-likeness (QED) is 0.393. The van der Waals surface area contributed by atoms with Crippen LogP contribution in [0.3, 0.4) is 0 Å². The smallest absolute Gasteiger partial charge is 0.252 e. The van der Waals surface area contributed by atoms with Crippen molar-refractivity contribution in [1.82, 2.24) is 10.7 Å². The van der Waals surface area contributed by atoms with Crippen LogP contribution in [0.1, 0.15) is 28.8 Å². The number of rotatable bonds is 8. The summed E-state index contributed by atoms with van der Waals surface area (Å²) in [5.74, 6) is 0.385. The maximum atomic E-state index is 12.0. The van der Waals surface area contributed by atoms with Gasteiger partial charge >= 0.3 is 0 Å². The van der Waals surface area contributed by atoms with Gasteiger partial charge in [-0.05, 0) is 64.3 Å². The zero-order valence-corrected chi connectivity index (χ0v) is 16.0. The van der Waals surface area contributed by atoms with Crippen LogP contribution >= 0.6 is 15.9 Å². The Bertz CT molecular complexity index is 776. The van der Waals surface area contributed by atoms with Gasteiger partial charge in [0.25, 0.3) is 5.91 Å². The topological polar surface area (TPSA) is 79.8 Å². The highest BCUT2D eigenvalue weighted by Gasteiger charge is 2.08. The lowest BCUT2D eigenvalue weighted by atomic mass is 10.2. The third-order valence-electron chi connectivity index (χ3n) is 3.50. The number of nitrogens with zero attached hydrogens (tertiary/aromatic N) is 1. The number of carbonyl (C=O) groups excluding carboxylic acids is 2. The first-order valence-electron chi connectivity index (χ1n) is 8.09. The monoisotopic (exact) mass is 417 g/mol. The Morgan fingerprint density at radius 3 is 2.58 bits per heavy atom. The molecule has 6 nitrogen and oxygen atoms in total. The summed E-state index contributed by atoms with van der Waals surface area (Å²) in [6.45, 7) is 0.412. The first-order chi connectivity index (χ1) is 12.6. The third-order valence-corrected chi connectivity index (χ3v) is 4.19. The summed E-state index contributed by atoms with van der Waals surface area (Å²) in [4.78, 5) is 23.7. The number of ether oxygens (including phenoxy) is 1. The molecule has 7 heteroatoms. The molecule has 0 spiro atoms. The van der Waals surface area contributed by atoms with Gasteiger partial charge in [-0.2, -0.15) is 5.10 Å². The van der Waals surface area contributed by atoms with Crippen LogP contribution in [0.5, 0.6) is 5.75 Å². The zero-order chi connectivity index (χ0) is 18.8. The van der Waals surface area contributed by atoms with Crippen LogP contribution in [-0.4, -0.2) is 31.7 Å². The lowest BCUT2D eigenvalue weighted by Crippen LogP contribution is -2.26. The van der Waals surface area contributed by atoms with Gasteiger partial charge in [-0.3, -0.25) is 9.59 Å². The molecule has 0 fully saturated rings. The van der Waals surface area contributed by atoms with Crippen LogP contribution in [0.15, 0.2) is 58.1 Å². The number of amides is 2. The molecule has 0 unspecified atom stereocenters. The van der Waals surface area contributed by atoms with E-state index in [2.05, 4.69) is 31.8 Å². The highest BCUT2D eigenvalue weighted by molar-refractivity contribution is 9.10. The van der Waals surface area contributed by atoms with Crippen molar-refractivity contribution in [2.24, 2.45) is 5.10 Å². The molecule has 0 aromatic heterocycles. The number of hydrazone groups is 1. The second-order valence-electron chi connectivity index (χ2n) is 5.41. The van der Waals surface area contributed by atoms with Crippen molar-refractivity contribution in [3.8, 4) is 5.75 Å². The highest BCUT2D eigenvalue weighted by Crippen LogP contribution is 2.15. The van der Waals surface area contributed by atoms with E-state index in [9.17, 15) is 9.59 Å². The second kappa shape index (κ2) is 10.4. The van der Waals surface area contributed by atoms with Crippen molar-refractivity contribution >= 4 is 34.0 Å². The number of hydrogen-bond acceptors (Lipinski definition) is 4. The van der Waals surface area contributed by atoms with Gasteiger partial charge in [0.1, 0.15) is 5.75 Å². The normalized spacial score (nSPS) is 10.5. The number of nitrogens with one attached hydrogen (secondary N) is 2. The SMILES string of the molecule is COc1ccc(/C=N/NC(=O)CCCNC(=O)c2ccccc2Br)cc1. The van der Waals surface area contributed by atoms with Crippen LogP contribution < -0.4 is 15.5 Å². The van der Waals surface area contributed by atoms with Crippen LogP contribution in [0, 0.1) is 0 Å². The van der Waals surface area contributed by atoms with E-state index in [0.717, 1.165) is 15.8 Å². The Morgan fingerprint density at radius 1 is 1.15 bits per heavy atom. The van der Waals surface area contributed by atoms with Crippen LogP contribution in [0.25, 0.3) is 0 Å². The summed E-state index contributed by atoms with van der Waals surface area (Å²) in [5.41, 5.74) is 3.89. The largest absolute Gasteiger partial charge is 0.497 e. The number of halogens is 1. The predicted octanol–water partition coefficient (Wildman–Crippen LogP) is 3.12. The van der Waals surface area contributed by atoms with Gasteiger partial charge in [0, 0.05) is 17.4 Å². The van der Waals surface area contributed by atoms with Crippen LogP contribution in [0.4, 0.5) is 0 Å². The lowest BCUT2D eigenvalue weighted by Gasteiger charge is -2.06. The van der Waals surface area contributed by atoms with E-state index in [0.29, 0.717) is 18.5 Å². The van der Waals surface area contributed by atoms with Gasteiger partial charge in [0.2, 0.25) is 5.91 Å². The maximum Gasteiger partial charge on any atom is 0.252 e. The summed E-state index contributed by atoms with van der Waals surface area (Å²) in [6.07, 6.45) is 2.36. The van der Waals surface area contributed by atoms with Gasteiger partial charge in [0.15, 0.2) is 0 Å². The molecule has 0 aliphatic rings. The third kappa shape index (κ3) is 6.33. The minimum Gasteiger partial charge on any atom is -0.497 e. The number of methoxy groups -OCH3 is 1. The molecule has 2 aromatic rings. The van der Waals surface area contributed by atoms with E-state index in [-0.39, 0.29) is 18.2 Å². The molecule has 0 aliphatic carbocycles. The lowest BCUT2D eigenvalue weighted by molar-refractivity contribution is -0.121. The van der Waals surface area contributed by atoms with Crippen molar-refractivity contribution in [2.45, 2.75) is 12.8 Å². The van der Waals surface area contributed by atoms with E-state index in [1.165, 1.54) is 0 Å². The Morgan fingerprint density at radius 2 is 1.88 bits per heavy atom.